The second-order valence-electron chi connectivity index (χ2n) is 2.94. The number of nitrogens with one attached hydrogen (secondary N) is 1. The second-order valence-corrected chi connectivity index (χ2v) is 2.94. The summed E-state index contributed by atoms with van der Waals surface area (Å²) in [5, 5.41) is 11.6. The second kappa shape index (κ2) is 8.29. The molecule has 0 bridgehead atoms. The summed E-state index contributed by atoms with van der Waals surface area (Å²) in [5.41, 5.74) is 0. The quantitative estimate of drug-likeness (QED) is 0.465. The highest BCUT2D eigenvalue weighted by Crippen LogP contribution is 1.98. The maximum atomic E-state index is 8.45. The Morgan fingerprint density at radius 1 is 1.50 bits per heavy atom. The molecule has 0 aliphatic carbocycles. The van der Waals surface area contributed by atoms with Crippen molar-refractivity contribution in [3.8, 4) is 6.07 Å². The van der Waals surface area contributed by atoms with Crippen molar-refractivity contribution >= 4 is 0 Å². The molecule has 2 nitrogen and oxygen atoms in total. The standard InChI is InChI=1S/C10H18N2/c1-3-4-5-6-7-8-12-10(2)9-11/h3,10,12H,1,4-8H2,2H3. The molecule has 1 atom stereocenters. The molecule has 0 aromatic carbocycles. The Hall–Kier alpha value is -0.810. The van der Waals surface area contributed by atoms with E-state index in [-0.39, 0.29) is 6.04 Å². The van der Waals surface area contributed by atoms with Crippen LogP contribution in [0.2, 0.25) is 0 Å². The maximum absolute atomic E-state index is 8.45. The molecule has 0 fully saturated rings. The van der Waals surface area contributed by atoms with Gasteiger partial charge in [-0.1, -0.05) is 12.5 Å². The molecular weight excluding hydrogens is 148 g/mol. The van der Waals surface area contributed by atoms with Gasteiger partial charge in [0.25, 0.3) is 0 Å². The van der Waals surface area contributed by atoms with Crippen LogP contribution in [0.4, 0.5) is 0 Å². The van der Waals surface area contributed by atoms with Gasteiger partial charge in [0.05, 0.1) is 12.1 Å². The van der Waals surface area contributed by atoms with E-state index in [1.54, 1.807) is 0 Å². The maximum Gasteiger partial charge on any atom is 0.0924 e. The van der Waals surface area contributed by atoms with Crippen LogP contribution in [0.5, 0.6) is 0 Å². The van der Waals surface area contributed by atoms with Gasteiger partial charge in [-0.05, 0) is 32.7 Å². The Labute approximate surface area is 75.3 Å². The smallest absolute Gasteiger partial charge is 0.0924 e. The Kier molecular flexibility index (Phi) is 7.73. The first-order valence-electron chi connectivity index (χ1n) is 4.55. The first-order valence-corrected chi connectivity index (χ1v) is 4.55. The fourth-order valence-electron chi connectivity index (χ4n) is 0.955. The van der Waals surface area contributed by atoms with Crippen molar-refractivity contribution in [2.45, 2.75) is 38.6 Å². The van der Waals surface area contributed by atoms with E-state index in [4.69, 9.17) is 5.26 Å². The van der Waals surface area contributed by atoms with E-state index in [2.05, 4.69) is 18.0 Å². The predicted molar refractivity (Wildman–Crippen MR) is 51.7 cm³/mol. The van der Waals surface area contributed by atoms with Gasteiger partial charge in [0, 0.05) is 0 Å². The first-order chi connectivity index (χ1) is 5.81. The molecule has 0 aliphatic rings. The number of hydrogen-bond donors (Lipinski definition) is 1. The summed E-state index contributed by atoms with van der Waals surface area (Å²) in [6, 6.07) is 2.13. The third-order valence-electron chi connectivity index (χ3n) is 1.73. The van der Waals surface area contributed by atoms with Crippen molar-refractivity contribution in [1.29, 1.82) is 5.26 Å². The lowest BCUT2D eigenvalue weighted by Crippen LogP contribution is -2.25. The summed E-state index contributed by atoms with van der Waals surface area (Å²) in [6.07, 6.45) is 6.64. The highest BCUT2D eigenvalue weighted by Gasteiger charge is 1.95. The zero-order valence-corrected chi connectivity index (χ0v) is 7.84. The molecule has 0 heterocycles. The molecule has 0 aromatic heterocycles. The SMILES string of the molecule is C=CCCCCCNC(C)C#N. The Balaban J connectivity index is 3.01. The molecule has 12 heavy (non-hydrogen) atoms. The van der Waals surface area contributed by atoms with Crippen LogP contribution in [-0.2, 0) is 0 Å². The summed E-state index contributed by atoms with van der Waals surface area (Å²) in [4.78, 5) is 0. The van der Waals surface area contributed by atoms with Crippen molar-refractivity contribution in [2.75, 3.05) is 6.54 Å². The zero-order valence-electron chi connectivity index (χ0n) is 7.84. The van der Waals surface area contributed by atoms with Crippen molar-refractivity contribution in [2.24, 2.45) is 0 Å². The molecule has 0 rings (SSSR count). The number of hydrogen-bond acceptors (Lipinski definition) is 2. The molecule has 68 valence electrons. The molecule has 0 saturated heterocycles. The summed E-state index contributed by atoms with van der Waals surface area (Å²) in [6.45, 7) is 6.49. The lowest BCUT2D eigenvalue weighted by molar-refractivity contribution is 0.582. The van der Waals surface area contributed by atoms with Crippen LogP contribution >= 0.6 is 0 Å². The highest BCUT2D eigenvalue weighted by molar-refractivity contribution is 4.84. The molecule has 0 aliphatic heterocycles. The van der Waals surface area contributed by atoms with Crippen LogP contribution in [0.15, 0.2) is 12.7 Å². The molecule has 2 heteroatoms. The monoisotopic (exact) mass is 166 g/mol. The lowest BCUT2D eigenvalue weighted by Gasteiger charge is -2.04. The summed E-state index contributed by atoms with van der Waals surface area (Å²) in [5.74, 6) is 0. The fourth-order valence-corrected chi connectivity index (χ4v) is 0.955. The molecule has 0 amide bonds. The molecule has 0 spiro atoms. The third kappa shape index (κ3) is 7.30. The first kappa shape index (κ1) is 11.2. The van der Waals surface area contributed by atoms with E-state index < -0.39 is 0 Å². The highest BCUT2D eigenvalue weighted by atomic mass is 14.9. The summed E-state index contributed by atoms with van der Waals surface area (Å²) < 4.78 is 0. The van der Waals surface area contributed by atoms with E-state index in [9.17, 15) is 0 Å². The number of nitriles is 1. The minimum absolute atomic E-state index is 0.00981. The number of rotatable bonds is 7. The molecule has 0 saturated carbocycles. The van der Waals surface area contributed by atoms with E-state index in [0.29, 0.717) is 0 Å². The normalized spacial score (nSPS) is 12.0. The van der Waals surface area contributed by atoms with Gasteiger partial charge in [-0.3, -0.25) is 0 Å². The largest absolute Gasteiger partial charge is 0.302 e. The van der Waals surface area contributed by atoms with Gasteiger partial charge in [0.2, 0.25) is 0 Å². The average Bonchev–Trinajstić information content (AvgIpc) is 2.10. The van der Waals surface area contributed by atoms with Gasteiger partial charge in [-0.2, -0.15) is 5.26 Å². The number of nitrogens with zero attached hydrogens (tertiary/aromatic N) is 1. The van der Waals surface area contributed by atoms with Crippen LogP contribution in [0.25, 0.3) is 0 Å². The molecule has 0 aromatic rings. The minimum Gasteiger partial charge on any atom is -0.302 e. The number of unbranched alkanes of at least 4 members (excludes halogenated alkanes) is 3. The van der Waals surface area contributed by atoms with Crippen LogP contribution in [0.1, 0.15) is 32.6 Å². The van der Waals surface area contributed by atoms with Gasteiger partial charge in [-0.15, -0.1) is 6.58 Å². The Morgan fingerprint density at radius 2 is 2.25 bits per heavy atom. The van der Waals surface area contributed by atoms with E-state index >= 15 is 0 Å². The number of allylic oxidation sites excluding steroid dienone is 1. The molecule has 1 unspecified atom stereocenters. The summed E-state index contributed by atoms with van der Waals surface area (Å²) in [7, 11) is 0. The van der Waals surface area contributed by atoms with Crippen LogP contribution in [-0.4, -0.2) is 12.6 Å². The minimum atomic E-state index is -0.00981. The topological polar surface area (TPSA) is 35.8 Å². The fraction of sp³-hybridized carbons (Fsp3) is 0.700. The average molecular weight is 166 g/mol. The van der Waals surface area contributed by atoms with Crippen molar-refractivity contribution in [3.05, 3.63) is 12.7 Å². The van der Waals surface area contributed by atoms with Crippen LogP contribution < -0.4 is 5.32 Å². The van der Waals surface area contributed by atoms with Crippen LogP contribution in [0.3, 0.4) is 0 Å². The Bertz CT molecular complexity index is 146. The lowest BCUT2D eigenvalue weighted by atomic mass is 10.2. The predicted octanol–water partition coefficient (Wildman–Crippen LogP) is 2.23. The Morgan fingerprint density at radius 3 is 2.83 bits per heavy atom. The van der Waals surface area contributed by atoms with E-state index in [1.807, 2.05) is 13.0 Å². The van der Waals surface area contributed by atoms with E-state index in [1.165, 1.54) is 12.8 Å². The van der Waals surface area contributed by atoms with Crippen molar-refractivity contribution in [1.82, 2.24) is 5.32 Å². The summed E-state index contributed by atoms with van der Waals surface area (Å²) >= 11 is 0. The van der Waals surface area contributed by atoms with E-state index in [0.717, 1.165) is 19.4 Å². The molecule has 0 radical (unpaired) electrons. The third-order valence-corrected chi connectivity index (χ3v) is 1.73. The van der Waals surface area contributed by atoms with Gasteiger partial charge in [-0.25, -0.2) is 0 Å². The molecule has 1 N–H and O–H groups in total. The van der Waals surface area contributed by atoms with Gasteiger partial charge >= 0.3 is 0 Å². The van der Waals surface area contributed by atoms with Gasteiger partial charge < -0.3 is 5.32 Å². The van der Waals surface area contributed by atoms with Gasteiger partial charge in [0.1, 0.15) is 0 Å². The molecular formula is C10H18N2. The van der Waals surface area contributed by atoms with Crippen LogP contribution in [0, 0.1) is 11.3 Å². The van der Waals surface area contributed by atoms with Gasteiger partial charge in [0.15, 0.2) is 0 Å². The zero-order chi connectivity index (χ0) is 9.23. The van der Waals surface area contributed by atoms with Crippen molar-refractivity contribution in [3.63, 3.8) is 0 Å². The van der Waals surface area contributed by atoms with Crippen molar-refractivity contribution < 1.29 is 0 Å².